The van der Waals surface area contributed by atoms with Gasteiger partial charge in [0.05, 0.1) is 26.4 Å². The predicted octanol–water partition coefficient (Wildman–Crippen LogP) is 28.2. The standard InChI is InChI=1S/C95H170O16P2/c1-4-7-10-13-16-19-22-24-26-28-30-32-34-36-38-40-42-43-44-45-47-49-50-52-54-56-58-60-62-64-67-69-72-75-78-81-93(98)105-84-90(96)85-107-112(101,102)108-86-91(97)87-109-113(103,104)110-89-92(111-95(100)83-80-77-74-71-66-21-18-15-12-9-6-3)88-106-94(99)82-79-76-73-70-68-65-63-61-59-57-55-53-51-48-46-41-39-37-35-33-31-29-27-25-23-20-17-14-11-8-5-2/h7,10,16-17,19-20,24-27,30-33,36-39,90-92,96-97H,4-6,8-9,11-15,18,21-23,28-29,34-35,40-89H2,1-3H3,(H,101,102)(H,103,104)/b10-7-,19-16-,20-17-,26-24-,27-25-,32-30-,33-31-,38-36-,39-37-. The maximum absolute atomic E-state index is 13.0. The number of phosphoric acid groups is 2. The molecule has 0 heterocycles. The SMILES string of the molecule is CC/C=C\C/C=C\C/C=C\C/C=C\C/C=C\CCCCCCCCCCCCCCCCCCCCCC(=O)OCC(O)COP(=O)(O)OCC(O)COP(=O)(O)OCC(COC(=O)CCCCCCCCCCCCCCCCC/C=C\C/C=C\C/C=C\C/C=C\CCCCC)OC(=O)CCCCCCCCCCCCC. The third-order valence-corrected chi connectivity index (χ3v) is 21.9. The first-order valence-corrected chi connectivity index (χ1v) is 49.2. The fourth-order valence-electron chi connectivity index (χ4n) is 13.0. The van der Waals surface area contributed by atoms with Crippen LogP contribution in [0.15, 0.2) is 109 Å². The van der Waals surface area contributed by atoms with Crippen LogP contribution in [0.1, 0.15) is 419 Å². The van der Waals surface area contributed by atoms with E-state index in [1.807, 2.05) is 0 Å². The molecule has 0 saturated heterocycles. The van der Waals surface area contributed by atoms with Gasteiger partial charge >= 0.3 is 33.6 Å². The van der Waals surface area contributed by atoms with Gasteiger partial charge in [-0.1, -0.05) is 400 Å². The van der Waals surface area contributed by atoms with Crippen LogP contribution in [0.2, 0.25) is 0 Å². The van der Waals surface area contributed by atoms with Gasteiger partial charge in [-0.15, -0.1) is 0 Å². The maximum Gasteiger partial charge on any atom is 0.472 e. The number of rotatable bonds is 88. The molecule has 656 valence electrons. The van der Waals surface area contributed by atoms with Crippen molar-refractivity contribution in [3.63, 3.8) is 0 Å². The lowest BCUT2D eigenvalue weighted by atomic mass is 10.0. The van der Waals surface area contributed by atoms with E-state index < -0.39 is 91.5 Å². The first-order valence-electron chi connectivity index (χ1n) is 46.2. The molecule has 0 aromatic carbocycles. The van der Waals surface area contributed by atoms with E-state index in [2.05, 4.69) is 130 Å². The summed E-state index contributed by atoms with van der Waals surface area (Å²) in [5, 5.41) is 20.7. The Balaban J connectivity index is 4.30. The van der Waals surface area contributed by atoms with Crippen molar-refractivity contribution >= 4 is 33.6 Å². The van der Waals surface area contributed by atoms with Crippen molar-refractivity contribution < 1.29 is 75.8 Å². The zero-order valence-corrected chi connectivity index (χ0v) is 74.1. The fraction of sp³-hybridized carbons (Fsp3) is 0.779. The number of carbonyl (C=O) groups is 3. The minimum Gasteiger partial charge on any atom is -0.463 e. The van der Waals surface area contributed by atoms with E-state index in [1.54, 1.807) is 0 Å². The number of hydrogen-bond donors (Lipinski definition) is 4. The molecule has 5 unspecified atom stereocenters. The molecule has 16 nitrogen and oxygen atoms in total. The van der Waals surface area contributed by atoms with Crippen LogP contribution in [0, 0.1) is 0 Å². The number of hydrogen-bond acceptors (Lipinski definition) is 14. The highest BCUT2D eigenvalue weighted by Crippen LogP contribution is 2.45. The van der Waals surface area contributed by atoms with Crippen LogP contribution >= 0.6 is 15.6 Å². The summed E-state index contributed by atoms with van der Waals surface area (Å²) >= 11 is 0. The first-order chi connectivity index (χ1) is 55.2. The summed E-state index contributed by atoms with van der Waals surface area (Å²) in [5.41, 5.74) is 0. The van der Waals surface area contributed by atoms with Crippen molar-refractivity contribution in [2.75, 3.05) is 39.6 Å². The van der Waals surface area contributed by atoms with E-state index >= 15 is 0 Å². The highest BCUT2D eigenvalue weighted by atomic mass is 31.2. The van der Waals surface area contributed by atoms with E-state index in [0.717, 1.165) is 116 Å². The Morgan fingerprint density at radius 2 is 0.469 bits per heavy atom. The van der Waals surface area contributed by atoms with Gasteiger partial charge in [-0.2, -0.15) is 0 Å². The number of esters is 3. The van der Waals surface area contributed by atoms with Gasteiger partial charge in [-0.05, 0) is 109 Å². The fourth-order valence-corrected chi connectivity index (χ4v) is 14.6. The lowest BCUT2D eigenvalue weighted by molar-refractivity contribution is -0.161. The number of aliphatic hydroxyl groups excluding tert-OH is 2. The van der Waals surface area contributed by atoms with Crippen molar-refractivity contribution in [3.05, 3.63) is 109 Å². The third kappa shape index (κ3) is 88.9. The molecular weight excluding hydrogens is 1460 g/mol. The molecule has 0 aromatic rings. The zero-order valence-electron chi connectivity index (χ0n) is 72.3. The summed E-state index contributed by atoms with van der Waals surface area (Å²) in [4.78, 5) is 58.8. The molecule has 0 amide bonds. The minimum atomic E-state index is -4.93. The lowest BCUT2D eigenvalue weighted by Gasteiger charge is -2.21. The zero-order chi connectivity index (χ0) is 82.2. The predicted molar refractivity (Wildman–Crippen MR) is 473 cm³/mol. The molecule has 0 aromatic heterocycles. The number of ether oxygens (including phenoxy) is 3. The van der Waals surface area contributed by atoms with Gasteiger partial charge in [0, 0.05) is 19.3 Å². The molecular formula is C95H170O16P2. The molecule has 4 N–H and O–H groups in total. The van der Waals surface area contributed by atoms with Crippen LogP contribution in [0.3, 0.4) is 0 Å². The number of carbonyl (C=O) groups excluding carboxylic acids is 3. The van der Waals surface area contributed by atoms with E-state index in [0.29, 0.717) is 19.3 Å². The Hall–Kier alpha value is -3.79. The molecule has 0 aliphatic heterocycles. The molecule has 0 fully saturated rings. The maximum atomic E-state index is 13.0. The molecule has 113 heavy (non-hydrogen) atoms. The van der Waals surface area contributed by atoms with Gasteiger partial charge < -0.3 is 34.2 Å². The first kappa shape index (κ1) is 109. The Kier molecular flexibility index (Phi) is 84.6. The summed E-state index contributed by atoms with van der Waals surface area (Å²) in [6, 6.07) is 0. The van der Waals surface area contributed by atoms with Crippen LogP contribution in [0.25, 0.3) is 0 Å². The molecule has 0 spiro atoms. The Morgan fingerprint density at radius 1 is 0.257 bits per heavy atom. The molecule has 0 rings (SSSR count). The van der Waals surface area contributed by atoms with E-state index in [9.17, 15) is 43.5 Å². The second-order valence-corrected chi connectivity index (χ2v) is 34.0. The van der Waals surface area contributed by atoms with Crippen molar-refractivity contribution in [1.82, 2.24) is 0 Å². The monoisotopic (exact) mass is 1630 g/mol. The summed E-state index contributed by atoms with van der Waals surface area (Å²) in [5.74, 6) is -1.55. The lowest BCUT2D eigenvalue weighted by Crippen LogP contribution is -2.30. The normalized spacial score (nSPS) is 14.3. The highest BCUT2D eigenvalue weighted by Gasteiger charge is 2.29. The van der Waals surface area contributed by atoms with Gasteiger partial charge in [-0.3, -0.25) is 32.5 Å². The molecule has 18 heteroatoms. The largest absolute Gasteiger partial charge is 0.472 e. The molecule has 0 aliphatic carbocycles. The number of phosphoric ester groups is 2. The van der Waals surface area contributed by atoms with E-state index in [4.69, 9.17) is 32.3 Å². The summed E-state index contributed by atoms with van der Waals surface area (Å²) in [6.07, 6.45) is 106. The molecule has 0 radical (unpaired) electrons. The van der Waals surface area contributed by atoms with Crippen LogP contribution in [-0.4, -0.2) is 95.9 Å². The minimum absolute atomic E-state index is 0.109. The van der Waals surface area contributed by atoms with E-state index in [-0.39, 0.29) is 19.3 Å². The second kappa shape index (κ2) is 87.5. The molecule has 0 bridgehead atoms. The Bertz CT molecular complexity index is 2490. The van der Waals surface area contributed by atoms with Gasteiger partial charge in [0.2, 0.25) is 0 Å². The quantitative estimate of drug-likeness (QED) is 0.0146. The highest BCUT2D eigenvalue weighted by molar-refractivity contribution is 7.47. The Morgan fingerprint density at radius 3 is 0.761 bits per heavy atom. The smallest absolute Gasteiger partial charge is 0.463 e. The van der Waals surface area contributed by atoms with E-state index in [1.165, 1.54) is 244 Å². The van der Waals surface area contributed by atoms with Gasteiger partial charge in [0.1, 0.15) is 25.4 Å². The molecule has 0 saturated carbocycles. The van der Waals surface area contributed by atoms with Crippen LogP contribution < -0.4 is 0 Å². The third-order valence-electron chi connectivity index (χ3n) is 20.0. The second-order valence-electron chi connectivity index (χ2n) is 31.1. The van der Waals surface area contributed by atoms with Crippen molar-refractivity contribution in [1.29, 1.82) is 0 Å². The van der Waals surface area contributed by atoms with Crippen molar-refractivity contribution in [2.24, 2.45) is 0 Å². The van der Waals surface area contributed by atoms with Gasteiger partial charge in [-0.25, -0.2) is 9.13 Å². The van der Waals surface area contributed by atoms with Crippen molar-refractivity contribution in [3.8, 4) is 0 Å². The average molecular weight is 1630 g/mol. The molecule has 5 atom stereocenters. The van der Waals surface area contributed by atoms with Crippen LogP contribution in [-0.2, 0) is 55.8 Å². The topological polar surface area (TPSA) is 231 Å². The number of allylic oxidation sites excluding steroid dienone is 18. The van der Waals surface area contributed by atoms with Gasteiger partial charge in [0.25, 0.3) is 0 Å². The molecule has 0 aliphatic rings. The number of unbranched alkanes of at least 4 members (excludes halogenated alkanes) is 47. The van der Waals surface area contributed by atoms with Gasteiger partial charge in [0.15, 0.2) is 6.10 Å². The van der Waals surface area contributed by atoms with Crippen LogP contribution in [0.5, 0.6) is 0 Å². The Labute approximate surface area is 691 Å². The van der Waals surface area contributed by atoms with Crippen molar-refractivity contribution in [2.45, 2.75) is 437 Å². The van der Waals surface area contributed by atoms with Crippen LogP contribution in [0.4, 0.5) is 0 Å². The number of aliphatic hydroxyl groups is 2. The summed E-state index contributed by atoms with van der Waals surface area (Å²) in [7, 11) is -9.78. The average Bonchev–Trinajstić information content (AvgIpc) is 0.901. The summed E-state index contributed by atoms with van der Waals surface area (Å²) in [6.45, 7) is 2.60. The summed E-state index contributed by atoms with van der Waals surface area (Å²) < 4.78 is 61.3.